The molecule has 0 radical (unpaired) electrons. The molecule has 0 atom stereocenters. The summed E-state index contributed by atoms with van der Waals surface area (Å²) in [6, 6.07) is 14.0. The molecule has 0 saturated carbocycles. The summed E-state index contributed by atoms with van der Waals surface area (Å²) in [4.78, 5) is 22.3. The molecule has 152 valence electrons. The lowest BCUT2D eigenvalue weighted by Crippen LogP contribution is -2.25. The summed E-state index contributed by atoms with van der Waals surface area (Å²) >= 11 is 0. The molecule has 0 spiro atoms. The fourth-order valence-corrected chi connectivity index (χ4v) is 3.92. The summed E-state index contributed by atoms with van der Waals surface area (Å²) in [5.41, 5.74) is 5.01. The molecule has 1 saturated heterocycles. The van der Waals surface area contributed by atoms with E-state index in [1.165, 1.54) is 5.56 Å². The first-order valence-electron chi connectivity index (χ1n) is 10.2. The summed E-state index contributed by atoms with van der Waals surface area (Å²) in [6.45, 7) is 4.56. The van der Waals surface area contributed by atoms with E-state index in [1.807, 2.05) is 24.3 Å². The molecule has 2 N–H and O–H groups in total. The topological polar surface area (TPSA) is 86.9 Å². The van der Waals surface area contributed by atoms with E-state index in [2.05, 4.69) is 43.3 Å². The van der Waals surface area contributed by atoms with Crippen LogP contribution in [0.1, 0.15) is 12.0 Å². The smallest absolute Gasteiger partial charge is 0.273 e. The van der Waals surface area contributed by atoms with Crippen molar-refractivity contribution >= 4 is 10.9 Å². The van der Waals surface area contributed by atoms with Gasteiger partial charge in [0.25, 0.3) is 5.56 Å². The Morgan fingerprint density at radius 1 is 1.03 bits per heavy atom. The van der Waals surface area contributed by atoms with Gasteiger partial charge in [-0.3, -0.25) is 14.7 Å². The van der Waals surface area contributed by atoms with Crippen molar-refractivity contribution in [3.05, 3.63) is 70.8 Å². The third kappa shape index (κ3) is 3.90. The Balaban J connectivity index is 1.46. The first-order valence-corrected chi connectivity index (χ1v) is 10.2. The van der Waals surface area contributed by atoms with E-state index in [0.29, 0.717) is 11.3 Å². The molecule has 0 unspecified atom stereocenters. The Labute approximate surface area is 173 Å². The van der Waals surface area contributed by atoms with Crippen LogP contribution in [0, 0.1) is 0 Å². The van der Waals surface area contributed by atoms with Crippen molar-refractivity contribution in [3.8, 4) is 22.5 Å². The highest BCUT2D eigenvalue weighted by Crippen LogP contribution is 2.25. The van der Waals surface area contributed by atoms with Gasteiger partial charge in [0.1, 0.15) is 0 Å². The third-order valence-electron chi connectivity index (χ3n) is 5.48. The predicted molar refractivity (Wildman–Crippen MR) is 116 cm³/mol. The van der Waals surface area contributed by atoms with Crippen LogP contribution in [0.25, 0.3) is 33.4 Å². The van der Waals surface area contributed by atoms with E-state index in [-0.39, 0.29) is 5.56 Å². The fourth-order valence-electron chi connectivity index (χ4n) is 3.92. The van der Waals surface area contributed by atoms with E-state index < -0.39 is 0 Å². The number of aromatic nitrogens is 4. The molecule has 3 aromatic heterocycles. The molecular weight excluding hydrogens is 378 g/mol. The number of benzene rings is 1. The molecule has 0 bridgehead atoms. The zero-order chi connectivity index (χ0) is 20.3. The molecule has 7 heteroatoms. The van der Waals surface area contributed by atoms with Crippen molar-refractivity contribution in [1.82, 2.24) is 25.1 Å². The first kappa shape index (κ1) is 18.7. The van der Waals surface area contributed by atoms with Gasteiger partial charge >= 0.3 is 0 Å². The van der Waals surface area contributed by atoms with E-state index in [4.69, 9.17) is 4.74 Å². The van der Waals surface area contributed by atoms with Crippen LogP contribution in [0.3, 0.4) is 0 Å². The van der Waals surface area contributed by atoms with E-state index >= 15 is 0 Å². The first-order chi connectivity index (χ1) is 14.8. The molecule has 1 aromatic carbocycles. The molecule has 4 heterocycles. The van der Waals surface area contributed by atoms with Gasteiger partial charge in [-0.1, -0.05) is 6.07 Å². The normalized spacial score (nSPS) is 15.3. The Kier molecular flexibility index (Phi) is 5.13. The maximum Gasteiger partial charge on any atom is 0.273 e. The quantitative estimate of drug-likeness (QED) is 0.548. The number of aromatic amines is 2. The highest BCUT2D eigenvalue weighted by atomic mass is 16.5. The molecule has 30 heavy (non-hydrogen) atoms. The number of hydrogen-bond donors (Lipinski definition) is 2. The average molecular weight is 401 g/mol. The third-order valence-corrected chi connectivity index (χ3v) is 5.48. The second-order valence-electron chi connectivity index (χ2n) is 7.58. The maximum absolute atomic E-state index is 12.5. The van der Waals surface area contributed by atoms with Crippen molar-refractivity contribution in [3.63, 3.8) is 0 Å². The van der Waals surface area contributed by atoms with Crippen molar-refractivity contribution < 1.29 is 4.74 Å². The zero-order valence-electron chi connectivity index (χ0n) is 16.6. The molecule has 0 aliphatic carbocycles. The molecule has 1 fully saturated rings. The number of fused-ring (bicyclic) bond motifs is 1. The monoisotopic (exact) mass is 401 g/mol. The Hall–Kier alpha value is -3.29. The van der Waals surface area contributed by atoms with Crippen LogP contribution < -0.4 is 5.56 Å². The minimum atomic E-state index is -0.218. The zero-order valence-corrected chi connectivity index (χ0v) is 16.6. The van der Waals surface area contributed by atoms with Gasteiger partial charge in [0.2, 0.25) is 0 Å². The number of rotatable bonds is 4. The summed E-state index contributed by atoms with van der Waals surface area (Å²) in [5, 5.41) is 7.89. The predicted octanol–water partition coefficient (Wildman–Crippen LogP) is 3.20. The minimum Gasteiger partial charge on any atom is -0.380 e. The summed E-state index contributed by atoms with van der Waals surface area (Å²) in [5.74, 6) is 0. The highest BCUT2D eigenvalue weighted by Gasteiger charge is 2.13. The van der Waals surface area contributed by atoms with Crippen molar-refractivity contribution in [2.75, 3.05) is 26.3 Å². The summed E-state index contributed by atoms with van der Waals surface area (Å²) in [7, 11) is 0. The van der Waals surface area contributed by atoms with E-state index in [1.54, 1.807) is 12.4 Å². The van der Waals surface area contributed by atoms with Crippen LogP contribution in [0.2, 0.25) is 0 Å². The van der Waals surface area contributed by atoms with Crippen LogP contribution >= 0.6 is 0 Å². The van der Waals surface area contributed by atoms with Crippen molar-refractivity contribution in [2.24, 2.45) is 0 Å². The van der Waals surface area contributed by atoms with Crippen LogP contribution in [-0.4, -0.2) is 51.4 Å². The van der Waals surface area contributed by atoms with Crippen LogP contribution in [0.4, 0.5) is 0 Å². The Bertz CT molecular complexity index is 1210. The molecule has 1 aliphatic rings. The van der Waals surface area contributed by atoms with E-state index in [9.17, 15) is 4.79 Å². The van der Waals surface area contributed by atoms with Crippen LogP contribution in [0.15, 0.2) is 59.7 Å². The second-order valence-corrected chi connectivity index (χ2v) is 7.58. The number of H-pyrrole nitrogens is 2. The molecule has 0 amide bonds. The fraction of sp³-hybridized carbons (Fsp3) is 0.261. The Morgan fingerprint density at radius 3 is 2.83 bits per heavy atom. The van der Waals surface area contributed by atoms with E-state index in [0.717, 1.165) is 61.4 Å². The Morgan fingerprint density at radius 2 is 1.93 bits per heavy atom. The number of pyridine rings is 1. The van der Waals surface area contributed by atoms with Gasteiger partial charge in [-0.2, -0.15) is 5.10 Å². The summed E-state index contributed by atoms with van der Waals surface area (Å²) in [6.07, 6.45) is 4.49. The van der Waals surface area contributed by atoms with Gasteiger partial charge in [0, 0.05) is 55.1 Å². The van der Waals surface area contributed by atoms with Gasteiger partial charge in [-0.05, 0) is 48.4 Å². The van der Waals surface area contributed by atoms with Gasteiger partial charge in [0.05, 0.1) is 23.6 Å². The second kappa shape index (κ2) is 8.22. The lowest BCUT2D eigenvalue weighted by molar-refractivity contribution is 0.140. The molecule has 1 aliphatic heterocycles. The average Bonchev–Trinajstić information content (AvgIpc) is 3.02. The number of ether oxygens (including phenoxy) is 1. The molecule has 4 aromatic rings. The standard InChI is InChI=1S/C23H23N5O2/c29-23-19(14-21(26-27-23)17-4-6-24-7-5-17)22-13-18-12-16(2-3-20(18)25-22)15-28-8-1-10-30-11-9-28/h2-7,12-14,25H,1,8-11,15H2,(H,27,29). The minimum absolute atomic E-state index is 0.218. The molecular formula is C23H23N5O2. The number of nitrogens with one attached hydrogen (secondary N) is 2. The number of hydrogen-bond acceptors (Lipinski definition) is 5. The van der Waals surface area contributed by atoms with Crippen molar-refractivity contribution in [2.45, 2.75) is 13.0 Å². The SMILES string of the molecule is O=c1[nH]nc(-c2ccncc2)cc1-c1cc2cc(CN3CCCOCC3)ccc2[nH]1. The lowest BCUT2D eigenvalue weighted by Gasteiger charge is -2.18. The molecule has 5 rings (SSSR count). The van der Waals surface area contributed by atoms with Crippen LogP contribution in [0.5, 0.6) is 0 Å². The van der Waals surface area contributed by atoms with Crippen molar-refractivity contribution in [1.29, 1.82) is 0 Å². The lowest BCUT2D eigenvalue weighted by atomic mass is 10.1. The highest BCUT2D eigenvalue weighted by molar-refractivity contribution is 5.86. The van der Waals surface area contributed by atoms with Crippen LogP contribution in [-0.2, 0) is 11.3 Å². The van der Waals surface area contributed by atoms with Gasteiger partial charge in [-0.15, -0.1) is 0 Å². The number of nitrogens with zero attached hydrogens (tertiary/aromatic N) is 3. The maximum atomic E-state index is 12.5. The van der Waals surface area contributed by atoms with Gasteiger partial charge in [-0.25, -0.2) is 5.10 Å². The van der Waals surface area contributed by atoms with Gasteiger partial charge < -0.3 is 9.72 Å². The summed E-state index contributed by atoms with van der Waals surface area (Å²) < 4.78 is 5.55. The molecule has 7 nitrogen and oxygen atoms in total. The van der Waals surface area contributed by atoms with Gasteiger partial charge in [0.15, 0.2) is 0 Å². The largest absolute Gasteiger partial charge is 0.380 e.